The van der Waals surface area contributed by atoms with E-state index in [1.807, 2.05) is 30.3 Å². The van der Waals surface area contributed by atoms with E-state index >= 15 is 0 Å². The van der Waals surface area contributed by atoms with Crippen LogP contribution < -0.4 is 15.4 Å². The number of guanidine groups is 1. The Labute approximate surface area is 146 Å². The zero-order valence-corrected chi connectivity index (χ0v) is 15.3. The third-order valence-corrected chi connectivity index (χ3v) is 4.30. The molecule has 5 nitrogen and oxygen atoms in total. The molecule has 0 heterocycles. The average molecular weight is 332 g/mol. The minimum absolute atomic E-state index is 0.481. The van der Waals surface area contributed by atoms with Crippen molar-refractivity contribution in [2.45, 2.75) is 45.2 Å². The fraction of sp³-hybridized carbons (Fsp3) is 0.632. The molecule has 0 spiro atoms. The molecule has 24 heavy (non-hydrogen) atoms. The first kappa shape index (κ1) is 18.6. The van der Waals surface area contributed by atoms with Crippen molar-refractivity contribution in [1.82, 2.24) is 15.5 Å². The van der Waals surface area contributed by atoms with E-state index in [-0.39, 0.29) is 0 Å². The molecule has 0 bridgehead atoms. The first-order valence-corrected chi connectivity index (χ1v) is 9.12. The van der Waals surface area contributed by atoms with Crippen LogP contribution in [-0.2, 0) is 0 Å². The molecule has 1 fully saturated rings. The molecule has 1 aliphatic carbocycles. The number of nitrogens with one attached hydrogen (secondary N) is 2. The molecule has 2 rings (SSSR count). The van der Waals surface area contributed by atoms with Gasteiger partial charge in [0.25, 0.3) is 0 Å². The number of likely N-dealkylation sites (N-methyl/N-ethyl adjacent to an activating group) is 1. The molecule has 1 atom stereocenters. The second-order valence-corrected chi connectivity index (χ2v) is 6.41. The molecule has 1 aromatic carbocycles. The van der Waals surface area contributed by atoms with Gasteiger partial charge in [0.05, 0.1) is 13.2 Å². The van der Waals surface area contributed by atoms with E-state index in [9.17, 15) is 0 Å². The fourth-order valence-corrected chi connectivity index (χ4v) is 2.52. The highest BCUT2D eigenvalue weighted by molar-refractivity contribution is 5.79. The first-order chi connectivity index (χ1) is 11.7. The second kappa shape index (κ2) is 10.2. The van der Waals surface area contributed by atoms with Crippen molar-refractivity contribution in [2.75, 3.05) is 33.3 Å². The highest BCUT2D eigenvalue weighted by Gasteiger charge is 2.28. The largest absolute Gasteiger partial charge is 0.494 e. The predicted molar refractivity (Wildman–Crippen MR) is 101 cm³/mol. The van der Waals surface area contributed by atoms with Gasteiger partial charge in [-0.25, -0.2) is 0 Å². The number of nitrogens with zero attached hydrogens (tertiary/aromatic N) is 2. The second-order valence-electron chi connectivity index (χ2n) is 6.41. The quantitative estimate of drug-likeness (QED) is 0.393. The molecule has 1 aromatic rings. The van der Waals surface area contributed by atoms with Crippen LogP contribution in [0.25, 0.3) is 0 Å². The van der Waals surface area contributed by atoms with Crippen LogP contribution in [0.4, 0.5) is 0 Å². The maximum atomic E-state index is 5.70. The molecule has 0 amide bonds. The van der Waals surface area contributed by atoms with Gasteiger partial charge in [-0.05, 0) is 52.3 Å². The molecule has 0 aromatic heterocycles. The number of para-hydroxylation sites is 1. The van der Waals surface area contributed by atoms with Crippen molar-refractivity contribution in [3.63, 3.8) is 0 Å². The van der Waals surface area contributed by atoms with Gasteiger partial charge in [0, 0.05) is 25.2 Å². The van der Waals surface area contributed by atoms with E-state index in [4.69, 9.17) is 9.73 Å². The lowest BCUT2D eigenvalue weighted by molar-refractivity contribution is 0.253. The summed E-state index contributed by atoms with van der Waals surface area (Å²) in [5.41, 5.74) is 0. The highest BCUT2D eigenvalue weighted by atomic mass is 16.5. The molecule has 1 unspecified atom stereocenters. The van der Waals surface area contributed by atoms with E-state index in [2.05, 4.69) is 36.4 Å². The number of hydrogen-bond donors (Lipinski definition) is 2. The molecule has 0 radical (unpaired) electrons. The summed E-state index contributed by atoms with van der Waals surface area (Å²) in [6.07, 6.45) is 3.62. The van der Waals surface area contributed by atoms with Crippen molar-refractivity contribution in [1.29, 1.82) is 0 Å². The molecule has 134 valence electrons. The fourth-order valence-electron chi connectivity index (χ4n) is 2.52. The Kier molecular flexibility index (Phi) is 7.89. The van der Waals surface area contributed by atoms with Gasteiger partial charge < -0.3 is 15.4 Å². The average Bonchev–Trinajstić information content (AvgIpc) is 3.44. The Morgan fingerprint density at radius 3 is 2.71 bits per heavy atom. The van der Waals surface area contributed by atoms with Gasteiger partial charge >= 0.3 is 0 Å². The summed E-state index contributed by atoms with van der Waals surface area (Å²) in [4.78, 5) is 7.16. The van der Waals surface area contributed by atoms with Gasteiger partial charge in [-0.15, -0.1) is 0 Å². The molecule has 1 aliphatic rings. The van der Waals surface area contributed by atoms with Gasteiger partial charge in [0.1, 0.15) is 5.75 Å². The number of hydrogen-bond acceptors (Lipinski definition) is 3. The van der Waals surface area contributed by atoms with Gasteiger partial charge in [-0.1, -0.05) is 18.2 Å². The summed E-state index contributed by atoms with van der Waals surface area (Å²) >= 11 is 0. The topological polar surface area (TPSA) is 48.9 Å². The molecule has 0 aliphatic heterocycles. The Bertz CT molecular complexity index is 487. The zero-order chi connectivity index (χ0) is 17.2. The highest BCUT2D eigenvalue weighted by Crippen LogP contribution is 2.26. The van der Waals surface area contributed by atoms with E-state index < -0.39 is 0 Å². The monoisotopic (exact) mass is 332 g/mol. The molecular formula is C19H32N4O. The summed E-state index contributed by atoms with van der Waals surface area (Å²) in [5, 5.41) is 6.70. The summed E-state index contributed by atoms with van der Waals surface area (Å²) in [5.74, 6) is 1.82. The molecule has 0 saturated heterocycles. The number of ether oxygens (including phenoxy) is 1. The van der Waals surface area contributed by atoms with Crippen LogP contribution in [0.15, 0.2) is 35.3 Å². The molecule has 2 N–H and O–H groups in total. The Balaban J connectivity index is 1.65. The van der Waals surface area contributed by atoms with E-state index in [0.29, 0.717) is 12.6 Å². The number of benzene rings is 1. The van der Waals surface area contributed by atoms with Crippen LogP contribution in [0.2, 0.25) is 0 Å². The molecular weight excluding hydrogens is 300 g/mol. The van der Waals surface area contributed by atoms with Crippen molar-refractivity contribution in [3.05, 3.63) is 30.3 Å². The van der Waals surface area contributed by atoms with Crippen LogP contribution in [0, 0.1) is 0 Å². The lowest BCUT2D eigenvalue weighted by atomic mass is 10.3. The molecule has 1 saturated carbocycles. The summed E-state index contributed by atoms with van der Waals surface area (Å²) in [7, 11) is 2.21. The smallest absolute Gasteiger partial charge is 0.191 e. The van der Waals surface area contributed by atoms with Gasteiger partial charge in [0.15, 0.2) is 5.96 Å². The standard InChI is InChI=1S/C19H32N4O/c1-4-20-19(22-15-16(2)23(3)17-11-12-17)21-13-8-14-24-18-9-6-5-7-10-18/h5-7,9-10,16-17H,4,8,11-15H2,1-3H3,(H2,20,21,22). The van der Waals surface area contributed by atoms with E-state index in [1.165, 1.54) is 12.8 Å². The summed E-state index contributed by atoms with van der Waals surface area (Å²) in [6.45, 7) is 7.60. The van der Waals surface area contributed by atoms with Crippen LogP contribution in [0.3, 0.4) is 0 Å². The lowest BCUT2D eigenvalue weighted by Gasteiger charge is -2.23. The SMILES string of the molecule is CCNC(=NCC(C)N(C)C1CC1)NCCCOc1ccccc1. The van der Waals surface area contributed by atoms with Crippen LogP contribution in [0.1, 0.15) is 33.1 Å². The Hall–Kier alpha value is -1.75. The summed E-state index contributed by atoms with van der Waals surface area (Å²) in [6, 6.07) is 11.2. The lowest BCUT2D eigenvalue weighted by Crippen LogP contribution is -2.40. The first-order valence-electron chi connectivity index (χ1n) is 9.12. The number of aliphatic imine (C=N–C) groups is 1. The zero-order valence-electron chi connectivity index (χ0n) is 15.3. The van der Waals surface area contributed by atoms with Gasteiger partial charge in [-0.3, -0.25) is 9.89 Å². The minimum Gasteiger partial charge on any atom is -0.494 e. The van der Waals surface area contributed by atoms with Crippen molar-refractivity contribution >= 4 is 5.96 Å². The molecule has 5 heteroatoms. The van der Waals surface area contributed by atoms with Crippen LogP contribution >= 0.6 is 0 Å². The maximum Gasteiger partial charge on any atom is 0.191 e. The van der Waals surface area contributed by atoms with E-state index in [0.717, 1.165) is 43.8 Å². The van der Waals surface area contributed by atoms with Crippen molar-refractivity contribution < 1.29 is 4.74 Å². The normalized spacial score (nSPS) is 16.1. The Morgan fingerprint density at radius 2 is 2.04 bits per heavy atom. The minimum atomic E-state index is 0.481. The van der Waals surface area contributed by atoms with E-state index in [1.54, 1.807) is 0 Å². The van der Waals surface area contributed by atoms with Gasteiger partial charge in [0.2, 0.25) is 0 Å². The van der Waals surface area contributed by atoms with Gasteiger partial charge in [-0.2, -0.15) is 0 Å². The van der Waals surface area contributed by atoms with Crippen molar-refractivity contribution in [3.8, 4) is 5.75 Å². The predicted octanol–water partition coefficient (Wildman–Crippen LogP) is 2.49. The third kappa shape index (κ3) is 6.79. The maximum absolute atomic E-state index is 5.70. The van der Waals surface area contributed by atoms with Crippen LogP contribution in [-0.4, -0.2) is 56.2 Å². The van der Waals surface area contributed by atoms with Crippen molar-refractivity contribution in [2.24, 2.45) is 4.99 Å². The summed E-state index contributed by atoms with van der Waals surface area (Å²) < 4.78 is 5.70. The Morgan fingerprint density at radius 1 is 1.29 bits per heavy atom. The van der Waals surface area contributed by atoms with Crippen LogP contribution in [0.5, 0.6) is 5.75 Å². The number of rotatable bonds is 10. The third-order valence-electron chi connectivity index (χ3n) is 4.30.